The van der Waals surface area contributed by atoms with Crippen LogP contribution in [0.15, 0.2) is 60.2 Å². The van der Waals surface area contributed by atoms with Crippen LogP contribution in [0.4, 0.5) is 0 Å². The van der Waals surface area contributed by atoms with E-state index < -0.39 is 0 Å². The van der Waals surface area contributed by atoms with Gasteiger partial charge < -0.3 is 0 Å². The Labute approximate surface area is 109 Å². The van der Waals surface area contributed by atoms with Gasteiger partial charge in [0.15, 0.2) is 5.78 Å². The second-order valence-electron chi connectivity index (χ2n) is 4.66. The zero-order chi connectivity index (χ0) is 13.1. The Bertz CT molecular complexity index is 546. The molecule has 0 saturated carbocycles. The Balaban J connectivity index is 2.66. The van der Waals surface area contributed by atoms with E-state index in [2.05, 4.69) is 13.5 Å². The molecule has 0 heterocycles. The van der Waals surface area contributed by atoms with Gasteiger partial charge in [0, 0.05) is 11.1 Å². The van der Waals surface area contributed by atoms with Crippen molar-refractivity contribution in [3.8, 4) is 0 Å². The van der Waals surface area contributed by atoms with Gasteiger partial charge in [0.2, 0.25) is 0 Å². The Morgan fingerprint density at radius 3 is 2.72 bits per heavy atom. The van der Waals surface area contributed by atoms with Crippen LogP contribution in [0.25, 0.3) is 0 Å². The summed E-state index contributed by atoms with van der Waals surface area (Å²) in [6, 6.07) is 7.88. The topological polar surface area (TPSA) is 17.1 Å². The SMILES string of the molecule is C=CC1=C(/C=C\C)C(=O)c2ccccc2C[C@H]1C. The Hall–Kier alpha value is -1.89. The molecule has 0 amide bonds. The normalized spacial score (nSPS) is 19.9. The summed E-state index contributed by atoms with van der Waals surface area (Å²) in [6.07, 6.45) is 6.53. The molecule has 0 fully saturated rings. The van der Waals surface area contributed by atoms with Crippen LogP contribution < -0.4 is 0 Å². The van der Waals surface area contributed by atoms with Crippen LogP contribution in [0.3, 0.4) is 0 Å². The highest BCUT2D eigenvalue weighted by molar-refractivity contribution is 6.12. The lowest BCUT2D eigenvalue weighted by Gasteiger charge is -2.11. The van der Waals surface area contributed by atoms with Crippen LogP contribution in [0.1, 0.15) is 29.8 Å². The molecule has 0 spiro atoms. The number of Topliss-reactive ketones (excluding diaryl/α,β-unsaturated/α-hetero) is 1. The first-order valence-corrected chi connectivity index (χ1v) is 6.31. The van der Waals surface area contributed by atoms with Gasteiger partial charge in [-0.15, -0.1) is 0 Å². The van der Waals surface area contributed by atoms with Gasteiger partial charge in [0.1, 0.15) is 0 Å². The molecule has 1 aromatic carbocycles. The van der Waals surface area contributed by atoms with Gasteiger partial charge in [0.25, 0.3) is 0 Å². The number of allylic oxidation sites excluding steroid dienone is 5. The van der Waals surface area contributed by atoms with E-state index >= 15 is 0 Å². The van der Waals surface area contributed by atoms with E-state index in [1.165, 1.54) is 0 Å². The van der Waals surface area contributed by atoms with E-state index in [1.54, 1.807) is 0 Å². The number of rotatable bonds is 2. The standard InChI is InChI=1S/C17H18O/c1-4-8-16-14(5-2)12(3)11-13-9-6-7-10-15(13)17(16)18/h4-10,12H,2,11H2,1,3H3/b8-4-/t12-/m1/s1. The zero-order valence-electron chi connectivity index (χ0n) is 10.9. The summed E-state index contributed by atoms with van der Waals surface area (Å²) in [6.45, 7) is 7.94. The maximum absolute atomic E-state index is 12.6. The fourth-order valence-corrected chi connectivity index (χ4v) is 2.55. The van der Waals surface area contributed by atoms with E-state index in [1.807, 2.05) is 49.4 Å². The molecule has 1 aliphatic rings. The molecular formula is C17H18O. The van der Waals surface area contributed by atoms with Crippen LogP contribution in [0.2, 0.25) is 0 Å². The Morgan fingerprint density at radius 2 is 2.06 bits per heavy atom. The second kappa shape index (κ2) is 5.18. The number of hydrogen-bond acceptors (Lipinski definition) is 1. The van der Waals surface area contributed by atoms with Gasteiger partial charge in [0.05, 0.1) is 0 Å². The predicted molar refractivity (Wildman–Crippen MR) is 75.7 cm³/mol. The monoisotopic (exact) mass is 238 g/mol. The highest BCUT2D eigenvalue weighted by Gasteiger charge is 2.24. The molecular weight excluding hydrogens is 220 g/mol. The van der Waals surface area contributed by atoms with Crippen molar-refractivity contribution >= 4 is 5.78 Å². The smallest absolute Gasteiger partial charge is 0.193 e. The van der Waals surface area contributed by atoms with Gasteiger partial charge in [-0.1, -0.05) is 56.0 Å². The molecule has 1 aliphatic carbocycles. The number of carbonyl (C=O) groups excluding carboxylic acids is 1. The molecule has 0 aromatic heterocycles. The summed E-state index contributed by atoms with van der Waals surface area (Å²) in [7, 11) is 0. The molecule has 1 atom stereocenters. The fourth-order valence-electron chi connectivity index (χ4n) is 2.55. The molecule has 1 nitrogen and oxygen atoms in total. The van der Waals surface area contributed by atoms with Crippen LogP contribution in [0.5, 0.6) is 0 Å². The molecule has 18 heavy (non-hydrogen) atoms. The van der Waals surface area contributed by atoms with Crippen molar-refractivity contribution in [3.63, 3.8) is 0 Å². The number of carbonyl (C=O) groups is 1. The summed E-state index contributed by atoms with van der Waals surface area (Å²) in [5.41, 5.74) is 3.79. The quantitative estimate of drug-likeness (QED) is 0.757. The Kier molecular flexibility index (Phi) is 3.61. The molecule has 0 saturated heterocycles. The molecule has 0 aliphatic heterocycles. The maximum Gasteiger partial charge on any atom is 0.193 e. The average Bonchev–Trinajstić information content (AvgIpc) is 2.47. The van der Waals surface area contributed by atoms with Crippen molar-refractivity contribution < 1.29 is 4.79 Å². The molecule has 0 N–H and O–H groups in total. The third kappa shape index (κ3) is 2.08. The van der Waals surface area contributed by atoms with Crippen molar-refractivity contribution in [2.45, 2.75) is 20.3 Å². The Morgan fingerprint density at radius 1 is 1.33 bits per heavy atom. The summed E-state index contributed by atoms with van der Waals surface area (Å²) in [5, 5.41) is 0. The predicted octanol–water partition coefficient (Wildman–Crippen LogP) is 4.12. The minimum absolute atomic E-state index is 0.114. The second-order valence-corrected chi connectivity index (χ2v) is 4.66. The summed E-state index contributed by atoms with van der Waals surface area (Å²) in [4.78, 5) is 12.6. The van der Waals surface area contributed by atoms with Crippen molar-refractivity contribution in [1.82, 2.24) is 0 Å². The van der Waals surface area contributed by atoms with Gasteiger partial charge in [-0.3, -0.25) is 4.79 Å². The highest BCUT2D eigenvalue weighted by atomic mass is 16.1. The first kappa shape index (κ1) is 12.6. The first-order valence-electron chi connectivity index (χ1n) is 6.31. The van der Waals surface area contributed by atoms with Gasteiger partial charge in [-0.05, 0) is 30.4 Å². The van der Waals surface area contributed by atoms with Crippen molar-refractivity contribution in [3.05, 3.63) is 71.3 Å². The van der Waals surface area contributed by atoms with Crippen molar-refractivity contribution in [1.29, 1.82) is 0 Å². The van der Waals surface area contributed by atoms with E-state index in [0.717, 1.165) is 28.7 Å². The summed E-state index contributed by atoms with van der Waals surface area (Å²) < 4.78 is 0. The maximum atomic E-state index is 12.6. The molecule has 1 heteroatoms. The van der Waals surface area contributed by atoms with Crippen LogP contribution >= 0.6 is 0 Å². The largest absolute Gasteiger partial charge is 0.289 e. The van der Waals surface area contributed by atoms with E-state index in [9.17, 15) is 4.79 Å². The number of benzene rings is 1. The number of hydrogen-bond donors (Lipinski definition) is 0. The van der Waals surface area contributed by atoms with E-state index in [4.69, 9.17) is 0 Å². The fraction of sp³-hybridized carbons (Fsp3) is 0.235. The lowest BCUT2D eigenvalue weighted by molar-refractivity contribution is 0.103. The summed E-state index contributed by atoms with van der Waals surface area (Å²) >= 11 is 0. The van der Waals surface area contributed by atoms with Gasteiger partial charge in [-0.2, -0.15) is 0 Å². The molecule has 2 rings (SSSR count). The first-order chi connectivity index (χ1) is 8.69. The lowest BCUT2D eigenvalue weighted by Crippen LogP contribution is -2.04. The lowest BCUT2D eigenvalue weighted by atomic mass is 9.92. The third-order valence-electron chi connectivity index (χ3n) is 3.43. The highest BCUT2D eigenvalue weighted by Crippen LogP contribution is 2.30. The van der Waals surface area contributed by atoms with Gasteiger partial charge in [-0.25, -0.2) is 0 Å². The minimum Gasteiger partial charge on any atom is -0.289 e. The minimum atomic E-state index is 0.114. The molecule has 92 valence electrons. The van der Waals surface area contributed by atoms with Crippen LogP contribution in [0, 0.1) is 5.92 Å². The van der Waals surface area contributed by atoms with Crippen molar-refractivity contribution in [2.24, 2.45) is 5.92 Å². The van der Waals surface area contributed by atoms with E-state index in [-0.39, 0.29) is 5.78 Å². The zero-order valence-corrected chi connectivity index (χ0v) is 10.9. The molecule has 0 unspecified atom stereocenters. The van der Waals surface area contributed by atoms with Crippen molar-refractivity contribution in [2.75, 3.05) is 0 Å². The molecule has 0 bridgehead atoms. The van der Waals surface area contributed by atoms with Gasteiger partial charge >= 0.3 is 0 Å². The number of fused-ring (bicyclic) bond motifs is 1. The van der Waals surface area contributed by atoms with E-state index in [0.29, 0.717) is 5.92 Å². The molecule has 0 radical (unpaired) electrons. The van der Waals surface area contributed by atoms with Crippen LogP contribution in [-0.2, 0) is 6.42 Å². The molecule has 1 aromatic rings. The average molecular weight is 238 g/mol. The third-order valence-corrected chi connectivity index (χ3v) is 3.43. The summed E-state index contributed by atoms with van der Waals surface area (Å²) in [5.74, 6) is 0.434. The number of ketones is 1. The van der Waals surface area contributed by atoms with Crippen LogP contribution in [-0.4, -0.2) is 5.78 Å².